The molecule has 1 aromatic carbocycles. The molecular weight excluding hydrogens is 414 g/mol. The molecule has 0 amide bonds. The Labute approximate surface area is 177 Å². The minimum atomic E-state index is -2.67. The van der Waals surface area contributed by atoms with Gasteiger partial charge in [-0.15, -0.1) is 21.5 Å². The minimum Gasteiger partial charge on any atom is -0.493 e. The predicted molar refractivity (Wildman–Crippen MR) is 111 cm³/mol. The quantitative estimate of drug-likeness (QED) is 0.603. The number of amidine groups is 1. The van der Waals surface area contributed by atoms with E-state index in [2.05, 4.69) is 20.3 Å². The van der Waals surface area contributed by atoms with Crippen LogP contribution in [-0.2, 0) is 24.3 Å². The van der Waals surface area contributed by atoms with Crippen LogP contribution in [0.1, 0.15) is 46.5 Å². The van der Waals surface area contributed by atoms with Crippen molar-refractivity contribution in [2.75, 3.05) is 13.2 Å². The van der Waals surface area contributed by atoms with Gasteiger partial charge in [0, 0.05) is 24.0 Å². The zero-order valence-electron chi connectivity index (χ0n) is 16.9. The highest BCUT2D eigenvalue weighted by Gasteiger charge is 2.20. The lowest BCUT2D eigenvalue weighted by molar-refractivity contribution is 0.149. The molecule has 1 N–H and O–H groups in total. The molecule has 0 aliphatic carbocycles. The molecule has 0 atom stereocenters. The molecule has 0 saturated carbocycles. The molecule has 0 fully saturated rings. The highest BCUT2D eigenvalue weighted by Crippen LogP contribution is 2.27. The topological polar surface area (TPSA) is 89.2 Å². The van der Waals surface area contributed by atoms with Crippen molar-refractivity contribution in [2.24, 2.45) is 10.1 Å². The number of benzene rings is 1. The molecule has 0 spiro atoms. The fraction of sp³-hybridized carbons (Fsp3) is 0.500. The van der Waals surface area contributed by atoms with Crippen LogP contribution in [0.3, 0.4) is 0 Å². The monoisotopic (exact) mass is 438 g/mol. The second-order valence-electron chi connectivity index (χ2n) is 6.74. The number of rotatable bonds is 9. The first-order valence-electron chi connectivity index (χ1n) is 9.76. The van der Waals surface area contributed by atoms with Crippen LogP contribution >= 0.6 is 11.3 Å². The number of oxime groups is 1. The van der Waals surface area contributed by atoms with Crippen LogP contribution in [0.2, 0.25) is 0 Å². The summed E-state index contributed by atoms with van der Waals surface area (Å²) in [6.45, 7) is 4.11. The highest BCUT2D eigenvalue weighted by atomic mass is 32.1. The number of hydrogen-bond donors (Lipinski definition) is 1. The van der Waals surface area contributed by atoms with Crippen LogP contribution in [0.4, 0.5) is 8.78 Å². The summed E-state index contributed by atoms with van der Waals surface area (Å²) in [5.41, 5.74) is 1.51. The molecule has 162 valence electrons. The van der Waals surface area contributed by atoms with Crippen molar-refractivity contribution < 1.29 is 23.5 Å². The largest absolute Gasteiger partial charge is 0.493 e. The van der Waals surface area contributed by atoms with Crippen LogP contribution in [0.25, 0.3) is 0 Å². The lowest BCUT2D eigenvalue weighted by atomic mass is 10.0. The Bertz CT molecular complexity index is 931. The van der Waals surface area contributed by atoms with Gasteiger partial charge in [-0.05, 0) is 37.5 Å². The SMILES string of the molecule is CCc1nnc(CCCOc2c(C)cc(C3=NOCCC(C(F)F)=N3)cc2CO)s1. The molecule has 1 aromatic heterocycles. The average molecular weight is 439 g/mol. The van der Waals surface area contributed by atoms with Gasteiger partial charge in [0.1, 0.15) is 22.4 Å². The van der Waals surface area contributed by atoms with Crippen molar-refractivity contribution in [3.8, 4) is 5.75 Å². The smallest absolute Gasteiger partial charge is 0.276 e. The number of aliphatic hydroxyl groups is 1. The van der Waals surface area contributed by atoms with Crippen molar-refractivity contribution in [2.45, 2.75) is 52.6 Å². The first-order chi connectivity index (χ1) is 14.5. The van der Waals surface area contributed by atoms with Gasteiger partial charge in [0.15, 0.2) is 5.84 Å². The van der Waals surface area contributed by atoms with E-state index in [9.17, 15) is 13.9 Å². The first kappa shape index (κ1) is 22.2. The molecule has 0 radical (unpaired) electrons. The zero-order chi connectivity index (χ0) is 21.5. The molecule has 30 heavy (non-hydrogen) atoms. The van der Waals surface area contributed by atoms with Crippen molar-refractivity contribution in [3.05, 3.63) is 38.8 Å². The van der Waals surface area contributed by atoms with E-state index in [1.165, 1.54) is 0 Å². The lowest BCUT2D eigenvalue weighted by Gasteiger charge is -2.15. The van der Waals surface area contributed by atoms with Gasteiger partial charge < -0.3 is 14.7 Å². The third-order valence-electron chi connectivity index (χ3n) is 4.47. The molecule has 2 aromatic rings. The number of halogens is 2. The van der Waals surface area contributed by atoms with E-state index >= 15 is 0 Å². The van der Waals surface area contributed by atoms with Crippen molar-refractivity contribution in [3.63, 3.8) is 0 Å². The van der Waals surface area contributed by atoms with E-state index in [0.29, 0.717) is 23.5 Å². The number of alkyl halides is 2. The van der Waals surface area contributed by atoms with Crippen LogP contribution in [0, 0.1) is 6.92 Å². The highest BCUT2D eigenvalue weighted by molar-refractivity contribution is 7.11. The average Bonchev–Trinajstić information content (AvgIpc) is 3.05. The second-order valence-corrected chi connectivity index (χ2v) is 7.88. The Morgan fingerprint density at radius 2 is 2.07 bits per heavy atom. The molecule has 3 rings (SSSR count). The molecule has 1 aliphatic heterocycles. The van der Waals surface area contributed by atoms with E-state index in [4.69, 9.17) is 9.57 Å². The number of aromatic nitrogens is 2. The number of aliphatic hydroxyl groups excluding tert-OH is 1. The van der Waals surface area contributed by atoms with Crippen molar-refractivity contribution in [1.29, 1.82) is 0 Å². The van der Waals surface area contributed by atoms with Gasteiger partial charge in [-0.3, -0.25) is 0 Å². The Hall–Kier alpha value is -2.46. The van der Waals surface area contributed by atoms with E-state index in [-0.39, 0.29) is 31.2 Å². The van der Waals surface area contributed by atoms with E-state index in [1.807, 2.05) is 13.8 Å². The van der Waals surface area contributed by atoms with Gasteiger partial charge in [0.25, 0.3) is 6.43 Å². The molecule has 0 saturated heterocycles. The predicted octanol–water partition coefficient (Wildman–Crippen LogP) is 3.70. The van der Waals surface area contributed by atoms with Crippen LogP contribution in [0.5, 0.6) is 5.75 Å². The van der Waals surface area contributed by atoms with Gasteiger partial charge in [-0.1, -0.05) is 12.1 Å². The number of hydrogen-bond acceptors (Lipinski definition) is 8. The summed E-state index contributed by atoms with van der Waals surface area (Å²) in [6.07, 6.45) is -0.250. The molecule has 0 unspecified atom stereocenters. The maximum absolute atomic E-state index is 13.1. The number of aryl methyl sites for hydroxylation is 3. The number of ether oxygens (including phenoxy) is 1. The van der Waals surface area contributed by atoms with E-state index < -0.39 is 6.43 Å². The lowest BCUT2D eigenvalue weighted by Crippen LogP contribution is -2.13. The molecule has 7 nitrogen and oxygen atoms in total. The van der Waals surface area contributed by atoms with Gasteiger partial charge in [-0.2, -0.15) is 0 Å². The van der Waals surface area contributed by atoms with Gasteiger partial charge in [0.05, 0.1) is 18.9 Å². The summed E-state index contributed by atoms with van der Waals surface area (Å²) in [6, 6.07) is 3.38. The van der Waals surface area contributed by atoms with Gasteiger partial charge in [-0.25, -0.2) is 13.8 Å². The summed E-state index contributed by atoms with van der Waals surface area (Å²) in [7, 11) is 0. The van der Waals surface area contributed by atoms with Crippen molar-refractivity contribution in [1.82, 2.24) is 10.2 Å². The van der Waals surface area contributed by atoms with E-state index in [1.54, 1.807) is 23.5 Å². The summed E-state index contributed by atoms with van der Waals surface area (Å²) in [5.74, 6) is 0.635. The maximum atomic E-state index is 13.1. The third kappa shape index (κ3) is 5.57. The summed E-state index contributed by atoms with van der Waals surface area (Å²) in [5, 5.41) is 23.9. The number of aliphatic imine (C=N–C) groups is 1. The Morgan fingerprint density at radius 3 is 2.77 bits per heavy atom. The Kier molecular flexibility index (Phi) is 7.81. The van der Waals surface area contributed by atoms with Crippen LogP contribution in [-0.4, -0.2) is 46.5 Å². The molecule has 1 aliphatic rings. The first-order valence-corrected chi connectivity index (χ1v) is 10.6. The molecular formula is C20H24F2N4O3S. The maximum Gasteiger partial charge on any atom is 0.276 e. The molecule has 2 heterocycles. The summed E-state index contributed by atoms with van der Waals surface area (Å²) in [4.78, 5) is 9.02. The fourth-order valence-corrected chi connectivity index (χ4v) is 3.80. The van der Waals surface area contributed by atoms with Crippen LogP contribution < -0.4 is 4.74 Å². The summed E-state index contributed by atoms with van der Waals surface area (Å²) >= 11 is 1.60. The summed E-state index contributed by atoms with van der Waals surface area (Å²) < 4.78 is 32.1. The second kappa shape index (κ2) is 10.5. The van der Waals surface area contributed by atoms with Crippen LogP contribution in [0.15, 0.2) is 22.3 Å². The minimum absolute atomic E-state index is 0.0199. The molecule has 10 heteroatoms. The van der Waals surface area contributed by atoms with Gasteiger partial charge in [0.2, 0.25) is 0 Å². The Balaban J connectivity index is 1.70. The third-order valence-corrected chi connectivity index (χ3v) is 5.60. The Morgan fingerprint density at radius 1 is 1.27 bits per heavy atom. The number of nitrogens with zero attached hydrogens (tertiary/aromatic N) is 4. The van der Waals surface area contributed by atoms with Crippen molar-refractivity contribution >= 4 is 22.9 Å². The normalized spacial score (nSPS) is 14.2. The fourth-order valence-electron chi connectivity index (χ4n) is 2.97. The standard InChI is InChI=1S/C20H24F2N4O3S/c1-3-16-24-25-17(30-16)5-4-7-28-18-12(2)9-13(10-14(18)11-27)20-23-15(19(21)22)6-8-29-26-20/h9-10,19,27H,3-8,11H2,1-2H3. The van der Waals surface area contributed by atoms with E-state index in [0.717, 1.165) is 34.8 Å². The zero-order valence-corrected chi connectivity index (χ0v) is 17.7. The molecule has 0 bridgehead atoms. The van der Waals surface area contributed by atoms with Gasteiger partial charge >= 0.3 is 0 Å².